The molecule has 0 fully saturated rings. The van der Waals surface area contributed by atoms with E-state index in [2.05, 4.69) is 25.6 Å². The van der Waals surface area contributed by atoms with Crippen LogP contribution in [0.4, 0.5) is 14.5 Å². The molecular weight excluding hydrogens is 444 g/mol. The summed E-state index contributed by atoms with van der Waals surface area (Å²) in [5.74, 6) is 0.757. The van der Waals surface area contributed by atoms with Crippen LogP contribution in [0.1, 0.15) is 0 Å². The zero-order valence-corrected chi connectivity index (χ0v) is 16.5. The number of amides is 1. The molecule has 0 aliphatic carbocycles. The summed E-state index contributed by atoms with van der Waals surface area (Å²) in [5.41, 5.74) is -2.75. The maximum atomic E-state index is 12.6. The fraction of sp³-hybridized carbons (Fsp3) is 0.176. The van der Waals surface area contributed by atoms with E-state index in [-0.39, 0.29) is 24.2 Å². The number of tetrazole rings is 1. The number of alkyl halides is 3. The van der Waals surface area contributed by atoms with Crippen LogP contribution in [-0.2, 0) is 4.79 Å². The highest BCUT2D eigenvalue weighted by atomic mass is 35.5. The second-order valence-electron chi connectivity index (χ2n) is 5.82. The standard InChI is InChI=1S/C17H12ClF2N5O4S/c18-17(19,20)29-12-4-1-10(2-5-12)21-15(26)8-30-16-22-23-24-25(16)11-3-6-13-14(7-11)28-9-27-13/h1-7H,8-9H2,(H,21,26). The second kappa shape index (κ2) is 8.32. The number of rotatable bonds is 7. The van der Waals surface area contributed by atoms with Gasteiger partial charge in [-0.3, -0.25) is 4.79 Å². The molecule has 3 aromatic rings. The first kappa shape index (κ1) is 20.2. The largest absolute Gasteiger partial charge is 0.487 e. The van der Waals surface area contributed by atoms with Gasteiger partial charge in [-0.2, -0.15) is 4.68 Å². The van der Waals surface area contributed by atoms with Crippen molar-refractivity contribution in [1.29, 1.82) is 0 Å². The van der Waals surface area contributed by atoms with Gasteiger partial charge in [0, 0.05) is 23.4 Å². The Labute approximate surface area is 177 Å². The van der Waals surface area contributed by atoms with Crippen molar-refractivity contribution in [3.8, 4) is 22.9 Å². The van der Waals surface area contributed by atoms with Crippen molar-refractivity contribution in [2.75, 3.05) is 17.9 Å². The summed E-state index contributed by atoms with van der Waals surface area (Å²) in [4.78, 5) is 12.2. The van der Waals surface area contributed by atoms with Gasteiger partial charge in [0.15, 0.2) is 11.5 Å². The van der Waals surface area contributed by atoms with Gasteiger partial charge in [0.25, 0.3) is 0 Å². The molecule has 13 heteroatoms. The number of hydrogen-bond acceptors (Lipinski definition) is 8. The van der Waals surface area contributed by atoms with E-state index >= 15 is 0 Å². The Bertz CT molecular complexity index is 1060. The lowest BCUT2D eigenvalue weighted by Crippen LogP contribution is -2.16. The molecule has 0 atom stereocenters. The van der Waals surface area contributed by atoms with Crippen molar-refractivity contribution in [2.24, 2.45) is 0 Å². The van der Waals surface area contributed by atoms with Crippen molar-refractivity contribution < 1.29 is 27.8 Å². The summed E-state index contributed by atoms with van der Waals surface area (Å²) in [5, 5.41) is 14.5. The Hall–Kier alpha value is -3.12. The van der Waals surface area contributed by atoms with Crippen LogP contribution in [0.25, 0.3) is 5.69 Å². The molecule has 4 rings (SSSR count). The Morgan fingerprint density at radius 3 is 2.77 bits per heavy atom. The third-order valence-corrected chi connectivity index (χ3v) is 4.74. The first-order valence-electron chi connectivity index (χ1n) is 8.34. The van der Waals surface area contributed by atoms with Gasteiger partial charge in [-0.15, -0.1) is 13.9 Å². The van der Waals surface area contributed by atoms with Gasteiger partial charge in [0.05, 0.1) is 11.4 Å². The number of halogens is 3. The number of carbonyl (C=O) groups excluding carboxylic acids is 1. The van der Waals surface area contributed by atoms with Crippen molar-refractivity contribution in [2.45, 2.75) is 10.7 Å². The second-order valence-corrected chi connectivity index (χ2v) is 7.20. The summed E-state index contributed by atoms with van der Waals surface area (Å²) in [6.45, 7) is 0.150. The number of fused-ring (bicyclic) bond motifs is 1. The normalized spacial score (nSPS) is 12.6. The highest BCUT2D eigenvalue weighted by molar-refractivity contribution is 7.99. The monoisotopic (exact) mass is 455 g/mol. The average molecular weight is 456 g/mol. The zero-order chi connectivity index (χ0) is 21.1. The molecule has 1 aliphatic rings. The first-order valence-corrected chi connectivity index (χ1v) is 9.71. The SMILES string of the molecule is O=C(CSc1nnnn1-c1ccc2c(c1)OCO2)Nc1ccc(OC(F)(F)Cl)cc1. The number of nitrogens with zero attached hydrogens (tertiary/aromatic N) is 4. The maximum absolute atomic E-state index is 12.6. The third kappa shape index (κ3) is 4.89. The number of hydrogen-bond donors (Lipinski definition) is 1. The van der Waals surface area contributed by atoms with Crippen LogP contribution in [0.5, 0.6) is 17.2 Å². The quantitative estimate of drug-likeness (QED) is 0.428. The molecule has 156 valence electrons. The molecule has 2 aromatic carbocycles. The number of carbonyl (C=O) groups is 1. The summed E-state index contributed by atoms with van der Waals surface area (Å²) in [7, 11) is 0. The molecule has 1 amide bonds. The van der Waals surface area contributed by atoms with Crippen LogP contribution in [0.3, 0.4) is 0 Å². The van der Waals surface area contributed by atoms with E-state index in [4.69, 9.17) is 21.1 Å². The van der Waals surface area contributed by atoms with Crippen LogP contribution < -0.4 is 19.5 Å². The first-order chi connectivity index (χ1) is 14.4. The molecule has 0 spiro atoms. The smallest absolute Gasteiger partial charge is 0.454 e. The number of ether oxygens (including phenoxy) is 3. The lowest BCUT2D eigenvalue weighted by Gasteiger charge is -2.11. The van der Waals surface area contributed by atoms with Crippen molar-refractivity contribution in [3.05, 3.63) is 42.5 Å². The number of anilines is 1. The van der Waals surface area contributed by atoms with Gasteiger partial charge < -0.3 is 19.5 Å². The summed E-state index contributed by atoms with van der Waals surface area (Å²) in [6, 6.07) is 10.6. The summed E-state index contributed by atoms with van der Waals surface area (Å²) < 4.78 is 41.5. The van der Waals surface area contributed by atoms with Gasteiger partial charge in [-0.05, 0) is 46.8 Å². The zero-order valence-electron chi connectivity index (χ0n) is 14.9. The molecular formula is C17H12ClF2N5O4S. The topological polar surface area (TPSA) is 100 Å². The third-order valence-electron chi connectivity index (χ3n) is 3.75. The molecule has 1 aliphatic heterocycles. The molecule has 0 bridgehead atoms. The Kier molecular flexibility index (Phi) is 5.59. The molecule has 0 radical (unpaired) electrons. The van der Waals surface area contributed by atoms with E-state index in [1.165, 1.54) is 28.9 Å². The molecule has 30 heavy (non-hydrogen) atoms. The molecule has 0 unspecified atom stereocenters. The number of nitrogens with one attached hydrogen (secondary N) is 1. The molecule has 9 nitrogen and oxygen atoms in total. The van der Waals surface area contributed by atoms with E-state index in [0.29, 0.717) is 28.0 Å². The van der Waals surface area contributed by atoms with E-state index in [0.717, 1.165) is 11.8 Å². The predicted octanol–water partition coefficient (Wildman–Crippen LogP) is 3.29. The number of benzene rings is 2. The van der Waals surface area contributed by atoms with Crippen LogP contribution >= 0.6 is 23.4 Å². The van der Waals surface area contributed by atoms with Crippen LogP contribution in [0.15, 0.2) is 47.6 Å². The van der Waals surface area contributed by atoms with Crippen molar-refractivity contribution in [1.82, 2.24) is 20.2 Å². The van der Waals surface area contributed by atoms with Crippen LogP contribution in [0, 0.1) is 0 Å². The molecule has 1 N–H and O–H groups in total. The predicted molar refractivity (Wildman–Crippen MR) is 103 cm³/mol. The lowest BCUT2D eigenvalue weighted by atomic mass is 10.3. The van der Waals surface area contributed by atoms with Gasteiger partial charge >= 0.3 is 5.57 Å². The molecule has 1 aromatic heterocycles. The highest BCUT2D eigenvalue weighted by Crippen LogP contribution is 2.34. The maximum Gasteiger partial charge on any atom is 0.487 e. The van der Waals surface area contributed by atoms with Crippen LogP contribution in [0.2, 0.25) is 0 Å². The van der Waals surface area contributed by atoms with Gasteiger partial charge in [-0.25, -0.2) is 0 Å². The van der Waals surface area contributed by atoms with Gasteiger partial charge in [-0.1, -0.05) is 11.8 Å². The minimum Gasteiger partial charge on any atom is -0.454 e. The fourth-order valence-corrected chi connectivity index (χ4v) is 3.29. The average Bonchev–Trinajstić information content (AvgIpc) is 3.35. The Morgan fingerprint density at radius 2 is 2.00 bits per heavy atom. The van der Waals surface area contributed by atoms with Crippen LogP contribution in [-0.4, -0.2) is 44.2 Å². The molecule has 0 saturated heterocycles. The number of thioether (sulfide) groups is 1. The van der Waals surface area contributed by atoms with E-state index in [1.807, 2.05) is 0 Å². The Balaban J connectivity index is 1.35. The number of aromatic nitrogens is 4. The van der Waals surface area contributed by atoms with E-state index in [9.17, 15) is 13.6 Å². The van der Waals surface area contributed by atoms with E-state index in [1.54, 1.807) is 18.2 Å². The summed E-state index contributed by atoms with van der Waals surface area (Å²) in [6.07, 6.45) is 0. The van der Waals surface area contributed by atoms with E-state index < -0.39 is 5.57 Å². The molecule has 2 heterocycles. The van der Waals surface area contributed by atoms with Crippen molar-refractivity contribution in [3.63, 3.8) is 0 Å². The molecule has 0 saturated carbocycles. The minimum atomic E-state index is -3.80. The minimum absolute atomic E-state index is 0.0168. The van der Waals surface area contributed by atoms with Gasteiger partial charge in [0.1, 0.15) is 5.75 Å². The summed E-state index contributed by atoms with van der Waals surface area (Å²) >= 11 is 5.83. The highest BCUT2D eigenvalue weighted by Gasteiger charge is 2.27. The van der Waals surface area contributed by atoms with Gasteiger partial charge in [0.2, 0.25) is 17.9 Å². The fourth-order valence-electron chi connectivity index (χ4n) is 2.52. The van der Waals surface area contributed by atoms with Crippen molar-refractivity contribution >= 4 is 35.0 Å². The Morgan fingerprint density at radius 1 is 1.23 bits per heavy atom. The lowest BCUT2D eigenvalue weighted by molar-refractivity contribution is -0.113.